The number of hydrogen-bond acceptors (Lipinski definition) is 5. The van der Waals surface area contributed by atoms with Crippen LogP contribution in [-0.2, 0) is 11.3 Å². The van der Waals surface area contributed by atoms with Crippen LogP contribution in [0.4, 0.5) is 0 Å². The Morgan fingerprint density at radius 2 is 2.15 bits per heavy atom. The van der Waals surface area contributed by atoms with Gasteiger partial charge in [-0.1, -0.05) is 17.7 Å². The fourth-order valence-electron chi connectivity index (χ4n) is 3.02. The van der Waals surface area contributed by atoms with Crippen molar-refractivity contribution in [1.82, 2.24) is 25.1 Å². The van der Waals surface area contributed by atoms with Crippen molar-refractivity contribution in [2.75, 3.05) is 19.7 Å². The van der Waals surface area contributed by atoms with Gasteiger partial charge in [-0.15, -0.1) is 10.2 Å². The lowest BCUT2D eigenvalue weighted by Crippen LogP contribution is -2.38. The molecule has 26 heavy (non-hydrogen) atoms. The van der Waals surface area contributed by atoms with E-state index in [4.69, 9.17) is 11.6 Å². The Bertz CT molecular complexity index is 797. The first-order valence-electron chi connectivity index (χ1n) is 8.66. The number of aliphatic hydroxyl groups excluding tert-OH is 1. The van der Waals surface area contributed by atoms with Gasteiger partial charge in [-0.3, -0.25) is 4.79 Å². The average Bonchev–Trinajstić information content (AvgIpc) is 3.05. The maximum atomic E-state index is 12.4. The summed E-state index contributed by atoms with van der Waals surface area (Å²) < 4.78 is 0. The van der Waals surface area contributed by atoms with Crippen molar-refractivity contribution >= 4 is 23.6 Å². The first-order chi connectivity index (χ1) is 12.5. The number of aromatic nitrogens is 4. The molecule has 0 saturated carbocycles. The third-order valence-corrected chi connectivity index (χ3v) is 4.79. The fraction of sp³-hybridized carbons (Fsp3) is 0.444. The molecule has 0 bridgehead atoms. The molecule has 8 heteroatoms. The Hall–Kier alpha value is -2.25. The summed E-state index contributed by atoms with van der Waals surface area (Å²) in [7, 11) is 0. The minimum atomic E-state index is -0.0167. The largest absolute Gasteiger partial charge is 0.396 e. The van der Waals surface area contributed by atoms with Crippen molar-refractivity contribution in [2.45, 2.75) is 26.3 Å². The smallest absolute Gasteiger partial charge is 0.246 e. The van der Waals surface area contributed by atoms with E-state index in [0.29, 0.717) is 36.4 Å². The fourth-order valence-corrected chi connectivity index (χ4v) is 3.21. The number of likely N-dealkylation sites (tertiary alicyclic amines) is 1. The summed E-state index contributed by atoms with van der Waals surface area (Å²) in [5, 5.41) is 21.9. The molecule has 0 atom stereocenters. The van der Waals surface area contributed by atoms with Crippen LogP contribution in [-0.4, -0.2) is 55.8 Å². The second kappa shape index (κ2) is 8.42. The summed E-state index contributed by atoms with van der Waals surface area (Å²) in [5.41, 5.74) is 1.81. The van der Waals surface area contributed by atoms with Gasteiger partial charge in [-0.2, -0.15) is 4.80 Å². The Labute approximate surface area is 157 Å². The lowest BCUT2D eigenvalue weighted by Gasteiger charge is -2.30. The van der Waals surface area contributed by atoms with Crippen LogP contribution >= 0.6 is 11.6 Å². The molecule has 1 aromatic heterocycles. The molecule has 7 nitrogen and oxygen atoms in total. The Kier molecular flexibility index (Phi) is 6.00. The lowest BCUT2D eigenvalue weighted by atomic mass is 9.98. The highest BCUT2D eigenvalue weighted by Crippen LogP contribution is 2.20. The standard InChI is InChI=1S/C18H22ClN5O2/c1-13-20-22-24(21-13)11-16-10-17(19)4-2-15(16)3-5-18(26)23-8-6-14(12-25)7-9-23/h2-5,10,14,25H,6-9,11-12H2,1H3. The number of aliphatic hydroxyl groups is 1. The predicted octanol–water partition coefficient (Wildman–Crippen LogP) is 1.93. The first-order valence-corrected chi connectivity index (χ1v) is 9.03. The molecule has 0 aliphatic carbocycles. The number of piperidine rings is 1. The maximum absolute atomic E-state index is 12.4. The van der Waals surface area contributed by atoms with E-state index in [9.17, 15) is 9.90 Å². The van der Waals surface area contributed by atoms with Crippen molar-refractivity contribution in [3.05, 3.63) is 46.2 Å². The molecule has 1 N–H and O–H groups in total. The van der Waals surface area contributed by atoms with E-state index in [2.05, 4.69) is 15.4 Å². The van der Waals surface area contributed by atoms with Gasteiger partial charge in [0.1, 0.15) is 0 Å². The highest BCUT2D eigenvalue weighted by Gasteiger charge is 2.20. The molecule has 0 unspecified atom stereocenters. The zero-order valence-corrected chi connectivity index (χ0v) is 15.4. The third kappa shape index (κ3) is 4.68. The zero-order chi connectivity index (χ0) is 18.5. The molecule has 1 aliphatic rings. The van der Waals surface area contributed by atoms with E-state index in [1.807, 2.05) is 17.0 Å². The van der Waals surface area contributed by atoms with E-state index in [1.165, 1.54) is 4.80 Å². The number of tetrazole rings is 1. The summed E-state index contributed by atoms with van der Waals surface area (Å²) in [6, 6.07) is 5.52. The second-order valence-electron chi connectivity index (χ2n) is 6.49. The molecule has 138 valence electrons. The summed E-state index contributed by atoms with van der Waals surface area (Å²) >= 11 is 6.11. The number of carbonyl (C=O) groups is 1. The SMILES string of the molecule is Cc1nnn(Cc2cc(Cl)ccc2C=CC(=O)N2CCC(CO)CC2)n1. The van der Waals surface area contributed by atoms with E-state index in [1.54, 1.807) is 25.1 Å². The molecule has 0 radical (unpaired) electrons. The van der Waals surface area contributed by atoms with Gasteiger partial charge >= 0.3 is 0 Å². The first kappa shape index (κ1) is 18.5. The molecule has 2 heterocycles. The molecule has 1 aromatic carbocycles. The predicted molar refractivity (Wildman–Crippen MR) is 98.5 cm³/mol. The monoisotopic (exact) mass is 375 g/mol. The van der Waals surface area contributed by atoms with Crippen LogP contribution in [0.3, 0.4) is 0 Å². The number of halogens is 1. The van der Waals surface area contributed by atoms with Gasteiger partial charge in [0.05, 0.1) is 6.54 Å². The van der Waals surface area contributed by atoms with E-state index < -0.39 is 0 Å². The highest BCUT2D eigenvalue weighted by molar-refractivity contribution is 6.30. The van der Waals surface area contributed by atoms with Crippen LogP contribution in [0.5, 0.6) is 0 Å². The Balaban J connectivity index is 1.70. The molecule has 0 spiro atoms. The Morgan fingerprint density at radius 1 is 1.38 bits per heavy atom. The summed E-state index contributed by atoms with van der Waals surface area (Å²) in [4.78, 5) is 15.7. The van der Waals surface area contributed by atoms with Gasteiger partial charge in [0.15, 0.2) is 5.82 Å². The topological polar surface area (TPSA) is 84.1 Å². The van der Waals surface area contributed by atoms with Crippen molar-refractivity contribution in [3.8, 4) is 0 Å². The minimum absolute atomic E-state index is 0.0167. The van der Waals surface area contributed by atoms with E-state index in [-0.39, 0.29) is 12.5 Å². The number of hydrogen-bond donors (Lipinski definition) is 1. The summed E-state index contributed by atoms with van der Waals surface area (Å²) in [6.07, 6.45) is 5.08. The van der Waals surface area contributed by atoms with Crippen molar-refractivity contribution in [3.63, 3.8) is 0 Å². The molecular weight excluding hydrogens is 354 g/mol. The van der Waals surface area contributed by atoms with Crippen LogP contribution < -0.4 is 0 Å². The van der Waals surface area contributed by atoms with Crippen LogP contribution in [0, 0.1) is 12.8 Å². The van der Waals surface area contributed by atoms with Gasteiger partial charge in [-0.05, 0) is 60.2 Å². The van der Waals surface area contributed by atoms with Crippen LogP contribution in [0.2, 0.25) is 5.02 Å². The molecule has 3 rings (SSSR count). The molecule has 1 fully saturated rings. The number of amides is 1. The van der Waals surface area contributed by atoms with Crippen LogP contribution in [0.1, 0.15) is 29.8 Å². The van der Waals surface area contributed by atoms with Gasteiger partial charge < -0.3 is 10.0 Å². The summed E-state index contributed by atoms with van der Waals surface area (Å²) in [6.45, 7) is 3.77. The van der Waals surface area contributed by atoms with Crippen molar-refractivity contribution in [2.24, 2.45) is 5.92 Å². The van der Waals surface area contributed by atoms with Gasteiger partial charge in [0, 0.05) is 30.8 Å². The van der Waals surface area contributed by atoms with Gasteiger partial charge in [0.2, 0.25) is 5.91 Å². The second-order valence-corrected chi connectivity index (χ2v) is 6.93. The summed E-state index contributed by atoms with van der Waals surface area (Å²) in [5.74, 6) is 0.895. The zero-order valence-electron chi connectivity index (χ0n) is 14.7. The van der Waals surface area contributed by atoms with Gasteiger partial charge in [-0.25, -0.2) is 0 Å². The average molecular weight is 376 g/mol. The van der Waals surface area contributed by atoms with Crippen LogP contribution in [0.25, 0.3) is 6.08 Å². The third-order valence-electron chi connectivity index (χ3n) is 4.56. The number of carbonyl (C=O) groups excluding carboxylic acids is 1. The van der Waals surface area contributed by atoms with E-state index >= 15 is 0 Å². The van der Waals surface area contributed by atoms with Crippen LogP contribution in [0.15, 0.2) is 24.3 Å². The molecule has 2 aromatic rings. The van der Waals surface area contributed by atoms with Crippen molar-refractivity contribution in [1.29, 1.82) is 0 Å². The lowest BCUT2D eigenvalue weighted by molar-refractivity contribution is -0.127. The number of nitrogens with zero attached hydrogens (tertiary/aromatic N) is 5. The number of aryl methyl sites for hydroxylation is 1. The van der Waals surface area contributed by atoms with Gasteiger partial charge in [0.25, 0.3) is 0 Å². The highest BCUT2D eigenvalue weighted by atomic mass is 35.5. The normalized spacial score (nSPS) is 15.7. The maximum Gasteiger partial charge on any atom is 0.246 e. The molecular formula is C18H22ClN5O2. The minimum Gasteiger partial charge on any atom is -0.396 e. The quantitative estimate of drug-likeness (QED) is 0.807. The molecule has 1 aliphatic heterocycles. The number of benzene rings is 1. The molecule has 1 saturated heterocycles. The number of rotatable bonds is 5. The Morgan fingerprint density at radius 3 is 2.81 bits per heavy atom. The van der Waals surface area contributed by atoms with Crippen molar-refractivity contribution < 1.29 is 9.90 Å². The van der Waals surface area contributed by atoms with E-state index in [0.717, 1.165) is 24.0 Å². The molecule has 1 amide bonds.